The van der Waals surface area contributed by atoms with Crippen molar-refractivity contribution in [1.82, 2.24) is 9.88 Å². The van der Waals surface area contributed by atoms with Crippen molar-refractivity contribution in [2.45, 2.75) is 65.1 Å². The third-order valence-electron chi connectivity index (χ3n) is 7.05. The fraction of sp³-hybridized carbons (Fsp3) is 0.500. The summed E-state index contributed by atoms with van der Waals surface area (Å²) in [7, 11) is 1.28. The summed E-state index contributed by atoms with van der Waals surface area (Å²) in [5.41, 5.74) is 8.82. The molecule has 1 aliphatic heterocycles. The van der Waals surface area contributed by atoms with Crippen LogP contribution in [0.1, 0.15) is 90.1 Å². The summed E-state index contributed by atoms with van der Waals surface area (Å²) in [6.07, 6.45) is 3.33. The van der Waals surface area contributed by atoms with E-state index >= 15 is 0 Å². The molecule has 2 heterocycles. The second-order valence-electron chi connectivity index (χ2n) is 11.5. The SMILES string of the molecule is COC(=O)c1cc(C(N)=O)c(O[C@H](CN2CC[N+](C(=O)OC(C)(C)C)=C(C)C2)c2ccc(C3CC3)cn2)cc1C. The minimum atomic E-state index is -0.717. The number of nitrogens with zero attached hydrogens (tertiary/aromatic N) is 3. The molecule has 2 aliphatic rings. The first-order valence-electron chi connectivity index (χ1n) is 13.6. The topological polar surface area (TPSA) is 124 Å². The van der Waals surface area contributed by atoms with E-state index < -0.39 is 23.6 Å². The van der Waals surface area contributed by atoms with Crippen molar-refractivity contribution in [1.29, 1.82) is 0 Å². The lowest BCUT2D eigenvalue weighted by molar-refractivity contribution is -0.458. The van der Waals surface area contributed by atoms with E-state index in [1.807, 2.05) is 40.0 Å². The molecule has 1 fully saturated rings. The first-order valence-corrected chi connectivity index (χ1v) is 13.6. The van der Waals surface area contributed by atoms with Crippen LogP contribution < -0.4 is 10.5 Å². The Bertz CT molecular complexity index is 1320. The first kappa shape index (κ1) is 29.2. The number of primary amides is 1. The lowest BCUT2D eigenvalue weighted by atomic mass is 10.0. The Hall–Kier alpha value is -3.79. The number of rotatable bonds is 8. The van der Waals surface area contributed by atoms with E-state index in [0.29, 0.717) is 43.4 Å². The van der Waals surface area contributed by atoms with Crippen molar-refractivity contribution in [3.63, 3.8) is 0 Å². The molecule has 2 aromatic rings. The van der Waals surface area contributed by atoms with E-state index in [-0.39, 0.29) is 23.0 Å². The number of pyridine rings is 1. The van der Waals surface area contributed by atoms with Crippen LogP contribution in [0.2, 0.25) is 0 Å². The lowest BCUT2D eigenvalue weighted by Gasteiger charge is -2.30. The molecule has 214 valence electrons. The van der Waals surface area contributed by atoms with Gasteiger partial charge in [-0.1, -0.05) is 6.07 Å². The number of methoxy groups -OCH3 is 1. The first-order chi connectivity index (χ1) is 18.9. The molecule has 1 aliphatic carbocycles. The number of hydrogen-bond acceptors (Lipinski definition) is 8. The Morgan fingerprint density at radius 1 is 1.15 bits per heavy atom. The molecule has 0 bridgehead atoms. The largest absolute Gasteiger partial charge is 0.596 e. The summed E-state index contributed by atoms with van der Waals surface area (Å²) in [5.74, 6) is -0.446. The number of carbonyl (C=O) groups excluding carboxylic acids is 3. The Morgan fingerprint density at radius 3 is 2.42 bits per heavy atom. The van der Waals surface area contributed by atoms with Gasteiger partial charge in [-0.15, -0.1) is 4.58 Å². The van der Waals surface area contributed by atoms with Crippen LogP contribution in [0.3, 0.4) is 0 Å². The fourth-order valence-electron chi connectivity index (χ4n) is 4.79. The van der Waals surface area contributed by atoms with Crippen molar-refractivity contribution in [3.05, 3.63) is 58.4 Å². The van der Waals surface area contributed by atoms with Crippen LogP contribution in [0.5, 0.6) is 5.75 Å². The number of nitrogens with two attached hydrogens (primary N) is 1. The standard InChI is InChI=1S/C30H38N4O6/c1-18-13-25(23(27(31)35)14-22(18)28(36)38-6)39-26(24-10-9-21(15-32-24)20-7-8-20)17-33-11-12-34(19(2)16-33)29(37)40-30(3,4)5/h9-10,13-15,20,26H,7-8,11-12,16-17H2,1-6H3,(H-,31,35)/p+1/t26-/m1/s1. The van der Waals surface area contributed by atoms with Gasteiger partial charge in [-0.25, -0.2) is 4.79 Å². The van der Waals surface area contributed by atoms with Crippen molar-refractivity contribution < 1.29 is 33.2 Å². The smallest absolute Gasteiger partial charge is 0.482 e. The van der Waals surface area contributed by atoms with Crippen molar-refractivity contribution >= 4 is 23.7 Å². The minimum Gasteiger partial charge on any atom is -0.482 e. The Balaban J connectivity index is 1.62. The maximum Gasteiger partial charge on any atom is 0.596 e. The van der Waals surface area contributed by atoms with E-state index in [2.05, 4.69) is 11.0 Å². The van der Waals surface area contributed by atoms with E-state index in [1.165, 1.54) is 31.6 Å². The van der Waals surface area contributed by atoms with Crippen molar-refractivity contribution in [2.75, 3.05) is 33.3 Å². The van der Waals surface area contributed by atoms with Gasteiger partial charge in [-0.2, -0.15) is 4.79 Å². The van der Waals surface area contributed by atoms with Gasteiger partial charge in [0, 0.05) is 19.7 Å². The molecule has 0 unspecified atom stereocenters. The molecule has 1 atom stereocenters. The van der Waals surface area contributed by atoms with E-state index in [0.717, 1.165) is 5.71 Å². The summed E-state index contributed by atoms with van der Waals surface area (Å²) in [5, 5.41) is 0. The number of ether oxygens (including phenoxy) is 3. The molecular formula is C30H39N4O6+. The second kappa shape index (κ2) is 11.8. The maximum atomic E-state index is 12.7. The highest BCUT2D eigenvalue weighted by Crippen LogP contribution is 2.40. The van der Waals surface area contributed by atoms with E-state index in [1.54, 1.807) is 17.6 Å². The van der Waals surface area contributed by atoms with Crippen molar-refractivity contribution in [2.24, 2.45) is 5.73 Å². The fourth-order valence-corrected chi connectivity index (χ4v) is 4.79. The normalized spacial score (nSPS) is 16.9. The molecule has 2 amide bonds. The summed E-state index contributed by atoms with van der Waals surface area (Å²) in [6, 6.07) is 7.09. The molecule has 10 nitrogen and oxygen atoms in total. The van der Waals surface area contributed by atoms with Crippen molar-refractivity contribution in [3.8, 4) is 5.75 Å². The third-order valence-corrected chi connectivity index (χ3v) is 7.05. The molecule has 0 radical (unpaired) electrons. The van der Waals surface area contributed by atoms with Crippen LogP contribution in [0.4, 0.5) is 4.79 Å². The van der Waals surface area contributed by atoms with Gasteiger partial charge in [-0.3, -0.25) is 14.7 Å². The molecular weight excluding hydrogens is 512 g/mol. The zero-order valence-corrected chi connectivity index (χ0v) is 24.2. The number of esters is 1. The highest BCUT2D eigenvalue weighted by molar-refractivity contribution is 6.00. The van der Waals surface area contributed by atoms with Crippen LogP contribution in [0.15, 0.2) is 30.5 Å². The molecule has 40 heavy (non-hydrogen) atoms. The quantitative estimate of drug-likeness (QED) is 0.386. The molecule has 1 saturated carbocycles. The maximum absolute atomic E-state index is 12.7. The third kappa shape index (κ3) is 7.04. The molecule has 4 rings (SSSR count). The van der Waals surface area contributed by atoms with Crippen LogP contribution >= 0.6 is 0 Å². The number of amides is 2. The zero-order valence-electron chi connectivity index (χ0n) is 24.2. The Labute approximate surface area is 235 Å². The monoisotopic (exact) mass is 551 g/mol. The van der Waals surface area contributed by atoms with Crippen LogP contribution in [-0.2, 0) is 9.47 Å². The number of aryl methyl sites for hydroxylation is 1. The Kier molecular flexibility index (Phi) is 8.58. The molecule has 10 heteroatoms. The van der Waals surface area contributed by atoms with Gasteiger partial charge >= 0.3 is 12.1 Å². The Morgan fingerprint density at radius 2 is 1.88 bits per heavy atom. The number of benzene rings is 1. The molecule has 1 aromatic carbocycles. The number of carbonyl (C=O) groups is 3. The van der Waals surface area contributed by atoms with Crippen LogP contribution in [-0.4, -0.2) is 77.0 Å². The predicted octanol–water partition coefficient (Wildman–Crippen LogP) is 4.00. The average Bonchev–Trinajstić information content (AvgIpc) is 3.72. The van der Waals surface area contributed by atoms with E-state index in [4.69, 9.17) is 24.9 Å². The van der Waals surface area contributed by atoms with Gasteiger partial charge < -0.3 is 19.9 Å². The molecule has 2 N–H and O–H groups in total. The van der Waals surface area contributed by atoms with Gasteiger partial charge in [0.05, 0.1) is 37.0 Å². The van der Waals surface area contributed by atoms with Crippen LogP contribution in [0, 0.1) is 6.92 Å². The highest BCUT2D eigenvalue weighted by atomic mass is 16.6. The molecule has 0 spiro atoms. The number of hydrogen-bond donors (Lipinski definition) is 1. The highest BCUT2D eigenvalue weighted by Gasteiger charge is 2.34. The minimum absolute atomic E-state index is 0.0862. The molecule has 0 saturated heterocycles. The van der Waals surface area contributed by atoms with Gasteiger partial charge in [0.1, 0.15) is 11.4 Å². The average molecular weight is 552 g/mol. The second-order valence-corrected chi connectivity index (χ2v) is 11.5. The van der Waals surface area contributed by atoms with Gasteiger partial charge in [0.15, 0.2) is 18.4 Å². The number of aromatic nitrogens is 1. The van der Waals surface area contributed by atoms with Gasteiger partial charge in [-0.05, 0) is 75.8 Å². The predicted molar refractivity (Wildman–Crippen MR) is 149 cm³/mol. The van der Waals surface area contributed by atoms with Gasteiger partial charge in [0.25, 0.3) is 5.91 Å². The van der Waals surface area contributed by atoms with Crippen LogP contribution in [0.25, 0.3) is 0 Å². The van der Waals surface area contributed by atoms with Gasteiger partial charge in [0.2, 0.25) is 0 Å². The summed E-state index contributed by atoms with van der Waals surface area (Å²) < 4.78 is 18.5. The zero-order chi connectivity index (χ0) is 29.2. The van der Waals surface area contributed by atoms with E-state index in [9.17, 15) is 14.4 Å². The molecule has 1 aromatic heterocycles. The summed E-state index contributed by atoms with van der Waals surface area (Å²) in [4.78, 5) is 44.2. The summed E-state index contributed by atoms with van der Waals surface area (Å²) >= 11 is 0. The summed E-state index contributed by atoms with van der Waals surface area (Å²) in [6.45, 7) is 11.2. The lowest BCUT2D eigenvalue weighted by Crippen LogP contribution is -2.48.